The summed E-state index contributed by atoms with van der Waals surface area (Å²) in [5.74, 6) is 0. The van der Waals surface area contributed by atoms with E-state index in [0.717, 1.165) is 8.95 Å². The van der Waals surface area contributed by atoms with Gasteiger partial charge < -0.3 is 9.15 Å². The van der Waals surface area contributed by atoms with Crippen LogP contribution in [0.5, 0.6) is 0 Å². The van der Waals surface area contributed by atoms with Crippen molar-refractivity contribution >= 4 is 161 Å². The molecule has 0 N–H and O–H groups in total. The van der Waals surface area contributed by atoms with Gasteiger partial charge in [0.15, 0.2) is 0 Å². The van der Waals surface area contributed by atoms with E-state index < -0.39 is 0 Å². The summed E-state index contributed by atoms with van der Waals surface area (Å²) >= 11 is 8.44. The molecule has 2 aliphatic rings. The average molecular weight is 1200 g/mol. The van der Waals surface area contributed by atoms with Crippen molar-refractivity contribution in [3.05, 3.63) is 162 Å². The largest absolute Gasteiger partial charge is 0.471 e. The van der Waals surface area contributed by atoms with Crippen LogP contribution >= 0.6 is 31.9 Å². The van der Waals surface area contributed by atoms with Gasteiger partial charge in [-0.15, -0.1) is 0 Å². The minimum atomic E-state index is -0.265. The first-order valence-corrected chi connectivity index (χ1v) is 31.5. The van der Waals surface area contributed by atoms with Gasteiger partial charge in [-0.3, -0.25) is 0 Å². The molecule has 410 valence electrons. The third kappa shape index (κ3) is 6.61. The average Bonchev–Trinajstić information content (AvgIpc) is 2.78. The summed E-state index contributed by atoms with van der Waals surface area (Å²) in [4.78, 5) is 0. The molecule has 0 fully saturated rings. The summed E-state index contributed by atoms with van der Waals surface area (Å²) in [5, 5.41) is 31.3. The Balaban J connectivity index is 1.14. The Morgan fingerprint density at radius 1 is 0.244 bits per heavy atom. The van der Waals surface area contributed by atoms with Gasteiger partial charge in [-0.1, -0.05) is 149 Å². The number of halogens is 2. The van der Waals surface area contributed by atoms with E-state index in [2.05, 4.69) is 241 Å². The van der Waals surface area contributed by atoms with Gasteiger partial charge in [-0.2, -0.15) is 0 Å². The maximum absolute atomic E-state index is 7.92. The van der Waals surface area contributed by atoms with Crippen molar-refractivity contribution in [3.63, 3.8) is 0 Å². The molecule has 0 aliphatic carbocycles. The third-order valence-corrected chi connectivity index (χ3v) is 22.2. The predicted molar refractivity (Wildman–Crippen MR) is 361 cm³/mol. The standard InChI is InChI=1S/C78H72Br2O2/c1-73(2,3)35-19-45-41-31-43-44(32-42(41)46-20-36(74(4,5)6)24-50-58-34-81-33-57(58)49(23-35)59(45)60(46)50)48-22-38(76(10,11)12)26-52-62(48)61-47(43)21-37(75(7,8)9)25-51(61)65-66(52)72-68-54-28-40(78(16,17)18)30-56-64(54)63-53(67(68)71(65)82-72)27-39(77(13,14)15)29-55(63)69(79)70(56)80/h19-34,71-72H,1-18H3. The highest BCUT2D eigenvalue weighted by Gasteiger charge is 2.49. The van der Waals surface area contributed by atoms with Crippen molar-refractivity contribution < 1.29 is 9.15 Å². The summed E-state index contributed by atoms with van der Waals surface area (Å²) in [6.45, 7) is 42.7. The lowest BCUT2D eigenvalue weighted by molar-refractivity contribution is 0.0875. The van der Waals surface area contributed by atoms with Crippen molar-refractivity contribution in [2.45, 2.75) is 169 Å². The van der Waals surface area contributed by atoms with Crippen LogP contribution in [0.1, 0.15) is 192 Å². The Bertz CT molecular complexity index is 4930. The maximum atomic E-state index is 7.92. The van der Waals surface area contributed by atoms with Crippen LogP contribution in [0.25, 0.3) is 129 Å². The van der Waals surface area contributed by atoms with Gasteiger partial charge in [0.2, 0.25) is 0 Å². The second kappa shape index (κ2) is 15.6. The molecule has 4 heteroatoms. The molecule has 2 nitrogen and oxygen atoms in total. The van der Waals surface area contributed by atoms with E-state index in [1.54, 1.807) is 0 Å². The fraction of sp³-hybridized carbons (Fsp3) is 0.333. The summed E-state index contributed by atoms with van der Waals surface area (Å²) in [5.41, 5.74) is 12.8. The highest BCUT2D eigenvalue weighted by atomic mass is 79.9. The van der Waals surface area contributed by atoms with Crippen LogP contribution in [0.3, 0.4) is 0 Å². The van der Waals surface area contributed by atoms with Crippen LogP contribution in [0, 0.1) is 0 Å². The molecule has 2 unspecified atom stereocenters. The lowest BCUT2D eigenvalue weighted by Crippen LogP contribution is -2.15. The predicted octanol–water partition coefficient (Wildman–Crippen LogP) is 24.3. The van der Waals surface area contributed by atoms with Crippen LogP contribution in [-0.4, -0.2) is 0 Å². The molecule has 13 aromatic carbocycles. The molecule has 0 saturated carbocycles. The number of hydrogen-bond donors (Lipinski definition) is 0. The zero-order chi connectivity index (χ0) is 57.7. The molecule has 2 bridgehead atoms. The first-order chi connectivity index (χ1) is 38.3. The van der Waals surface area contributed by atoms with Crippen molar-refractivity contribution in [2.24, 2.45) is 0 Å². The van der Waals surface area contributed by atoms with E-state index >= 15 is 0 Å². The van der Waals surface area contributed by atoms with Gasteiger partial charge in [-0.05, 0) is 299 Å². The first-order valence-electron chi connectivity index (χ1n) is 29.9. The third-order valence-electron chi connectivity index (χ3n) is 20.1. The summed E-state index contributed by atoms with van der Waals surface area (Å²) in [6, 6.07) is 35.6. The summed E-state index contributed by atoms with van der Waals surface area (Å²) < 4.78 is 16.4. The lowest BCUT2D eigenvalue weighted by Gasteiger charge is -2.31. The minimum absolute atomic E-state index is 0.0856. The van der Waals surface area contributed by atoms with Gasteiger partial charge in [-0.25, -0.2) is 0 Å². The molecular formula is C78H72Br2O2. The van der Waals surface area contributed by atoms with Gasteiger partial charge >= 0.3 is 0 Å². The smallest absolute Gasteiger partial charge is 0.111 e. The van der Waals surface area contributed by atoms with Gasteiger partial charge in [0.25, 0.3) is 0 Å². The van der Waals surface area contributed by atoms with Crippen molar-refractivity contribution in [3.8, 4) is 0 Å². The van der Waals surface area contributed by atoms with E-state index in [4.69, 9.17) is 9.15 Å². The molecule has 16 rings (SSSR count). The number of ether oxygens (including phenoxy) is 1. The second-order valence-corrected chi connectivity index (χ2v) is 33.1. The van der Waals surface area contributed by atoms with E-state index in [0.29, 0.717) is 0 Å². The number of hydrogen-bond acceptors (Lipinski definition) is 2. The fourth-order valence-electron chi connectivity index (χ4n) is 15.4. The van der Waals surface area contributed by atoms with Gasteiger partial charge in [0.1, 0.15) is 12.2 Å². The fourth-order valence-corrected chi connectivity index (χ4v) is 16.4. The summed E-state index contributed by atoms with van der Waals surface area (Å²) in [7, 11) is 0. The molecule has 2 atom stereocenters. The molecule has 2 aliphatic heterocycles. The Morgan fingerprint density at radius 2 is 0.439 bits per heavy atom. The minimum Gasteiger partial charge on any atom is -0.471 e. The maximum Gasteiger partial charge on any atom is 0.111 e. The molecule has 3 heterocycles. The zero-order valence-electron chi connectivity index (χ0n) is 51.0. The number of furan rings is 1. The monoisotopic (exact) mass is 1200 g/mol. The second-order valence-electron chi connectivity index (χ2n) is 31.5. The summed E-state index contributed by atoms with van der Waals surface area (Å²) in [6.07, 6.45) is 3.46. The van der Waals surface area contributed by atoms with E-state index in [1.807, 2.05) is 12.5 Å². The van der Waals surface area contributed by atoms with E-state index in [9.17, 15) is 0 Å². The molecule has 0 amide bonds. The highest BCUT2D eigenvalue weighted by Crippen LogP contribution is 2.65. The lowest BCUT2D eigenvalue weighted by atomic mass is 9.71. The Labute approximate surface area is 498 Å². The topological polar surface area (TPSA) is 22.4 Å². The van der Waals surface area contributed by atoms with Crippen LogP contribution in [-0.2, 0) is 37.2 Å². The molecule has 14 aromatic rings. The van der Waals surface area contributed by atoms with Crippen LogP contribution < -0.4 is 0 Å². The molecule has 82 heavy (non-hydrogen) atoms. The Hall–Kier alpha value is -6.04. The molecule has 1 aromatic heterocycles. The Kier molecular flexibility index (Phi) is 9.83. The van der Waals surface area contributed by atoms with Crippen LogP contribution in [0.2, 0.25) is 0 Å². The highest BCUT2D eigenvalue weighted by molar-refractivity contribution is 9.13. The number of fused-ring (bicyclic) bond motifs is 21. The van der Waals surface area contributed by atoms with E-state index in [1.165, 1.54) is 185 Å². The molecule has 0 radical (unpaired) electrons. The van der Waals surface area contributed by atoms with Crippen LogP contribution in [0.4, 0.5) is 0 Å². The molecule has 0 saturated heterocycles. The number of benzene rings is 13. The van der Waals surface area contributed by atoms with Gasteiger partial charge in [0.05, 0.1) is 12.5 Å². The van der Waals surface area contributed by atoms with E-state index in [-0.39, 0.29) is 44.7 Å². The van der Waals surface area contributed by atoms with Crippen molar-refractivity contribution in [2.75, 3.05) is 0 Å². The van der Waals surface area contributed by atoms with Crippen molar-refractivity contribution in [1.29, 1.82) is 0 Å². The zero-order valence-corrected chi connectivity index (χ0v) is 54.1. The SMILES string of the molecule is CC(C)(C)c1cc2c(Br)c(Br)c3cc(C(C)(C)C)cc4c5c(c(c1)c2c34)C1OC5c2c1c1cc(C(C)(C)C)cc3c4cc5c(cc4c4cc(C(C)(C)C)cc2c4c13)c1cc(C(C)(C)C)cc2c3cocc3c3cc(C(C)(C)C)cc5c3c21. The quantitative estimate of drug-likeness (QED) is 0.112. The first kappa shape index (κ1) is 51.6. The Morgan fingerprint density at radius 3 is 0.683 bits per heavy atom. The van der Waals surface area contributed by atoms with Gasteiger partial charge in [0, 0.05) is 19.7 Å². The molecular weight excluding hydrogens is 1130 g/mol. The molecule has 0 spiro atoms. The normalized spacial score (nSPS) is 16.7. The van der Waals surface area contributed by atoms with Crippen molar-refractivity contribution in [1.82, 2.24) is 0 Å². The van der Waals surface area contributed by atoms with Crippen LogP contribution in [0.15, 0.2) is 111 Å². The number of rotatable bonds is 0.